The highest BCUT2D eigenvalue weighted by Crippen LogP contribution is 2.29. The summed E-state index contributed by atoms with van der Waals surface area (Å²) in [7, 11) is 1.81. The van der Waals surface area contributed by atoms with Crippen LogP contribution in [0.15, 0.2) is 6.20 Å². The number of aromatic nitrogens is 1. The largest absolute Gasteiger partial charge is 0.381 e. The molecule has 1 aliphatic rings. The van der Waals surface area contributed by atoms with Crippen molar-refractivity contribution in [2.24, 2.45) is 0 Å². The molecule has 1 aromatic heterocycles. The van der Waals surface area contributed by atoms with Crippen molar-refractivity contribution < 1.29 is 4.74 Å². The van der Waals surface area contributed by atoms with E-state index in [2.05, 4.69) is 29.0 Å². The van der Waals surface area contributed by atoms with E-state index in [9.17, 15) is 0 Å². The van der Waals surface area contributed by atoms with Crippen molar-refractivity contribution in [2.75, 3.05) is 31.6 Å². The van der Waals surface area contributed by atoms with Crippen LogP contribution in [0, 0.1) is 0 Å². The summed E-state index contributed by atoms with van der Waals surface area (Å²) >= 11 is 1.81. The molecule has 4 nitrogen and oxygen atoms in total. The molecular weight excluding hydrogens is 246 g/mol. The number of hydrogen-bond donors (Lipinski definition) is 1. The van der Waals surface area contributed by atoms with Gasteiger partial charge in [-0.15, -0.1) is 11.3 Å². The lowest BCUT2D eigenvalue weighted by molar-refractivity contribution is 0.0819. The second-order valence-electron chi connectivity index (χ2n) is 4.75. The van der Waals surface area contributed by atoms with Crippen LogP contribution in [0.1, 0.15) is 37.6 Å². The van der Waals surface area contributed by atoms with Gasteiger partial charge in [0.15, 0.2) is 5.13 Å². The lowest BCUT2D eigenvalue weighted by Crippen LogP contribution is -2.36. The fourth-order valence-electron chi connectivity index (χ4n) is 2.31. The zero-order valence-electron chi connectivity index (χ0n) is 11.5. The number of thiazole rings is 1. The number of nitrogens with zero attached hydrogens (tertiary/aromatic N) is 2. The first kappa shape index (κ1) is 13.8. The van der Waals surface area contributed by atoms with Crippen LogP contribution in [-0.4, -0.2) is 37.8 Å². The van der Waals surface area contributed by atoms with E-state index in [0.717, 1.165) is 37.6 Å². The number of piperidine rings is 1. The van der Waals surface area contributed by atoms with Gasteiger partial charge in [0.25, 0.3) is 0 Å². The van der Waals surface area contributed by atoms with Crippen LogP contribution in [0.5, 0.6) is 0 Å². The molecule has 1 aliphatic heterocycles. The molecule has 0 radical (unpaired) electrons. The summed E-state index contributed by atoms with van der Waals surface area (Å²) in [6.45, 7) is 7.43. The van der Waals surface area contributed by atoms with Gasteiger partial charge in [-0.3, -0.25) is 0 Å². The summed E-state index contributed by atoms with van der Waals surface area (Å²) in [5.41, 5.74) is 0. The lowest BCUT2D eigenvalue weighted by atomic mass is 10.1. The Morgan fingerprint density at radius 1 is 1.56 bits per heavy atom. The minimum atomic E-state index is 0.401. The second-order valence-corrected chi connectivity index (χ2v) is 5.79. The van der Waals surface area contributed by atoms with Gasteiger partial charge in [0, 0.05) is 37.3 Å². The Morgan fingerprint density at radius 3 is 2.89 bits per heavy atom. The Kier molecular flexibility index (Phi) is 4.97. The molecule has 0 spiro atoms. The highest BCUT2D eigenvalue weighted by molar-refractivity contribution is 7.15. The molecule has 5 heteroatoms. The standard InChI is InChI=1S/C13H23N3OS/c1-4-14-10(2)12-9-15-13(18-12)16-7-5-11(17-3)6-8-16/h9-11,14H,4-8H2,1-3H3. The third-order valence-electron chi connectivity index (χ3n) is 3.49. The summed E-state index contributed by atoms with van der Waals surface area (Å²) in [4.78, 5) is 8.26. The van der Waals surface area contributed by atoms with Crippen molar-refractivity contribution in [2.45, 2.75) is 38.8 Å². The van der Waals surface area contributed by atoms with Crippen molar-refractivity contribution in [1.82, 2.24) is 10.3 Å². The maximum atomic E-state index is 5.40. The van der Waals surface area contributed by atoms with Gasteiger partial charge in [0.05, 0.1) is 6.10 Å². The predicted molar refractivity (Wildman–Crippen MR) is 76.4 cm³/mol. The van der Waals surface area contributed by atoms with Gasteiger partial charge < -0.3 is 15.0 Å². The van der Waals surface area contributed by atoms with E-state index >= 15 is 0 Å². The predicted octanol–water partition coefficient (Wildman–Crippen LogP) is 2.43. The fourth-order valence-corrected chi connectivity index (χ4v) is 3.31. The molecule has 18 heavy (non-hydrogen) atoms. The number of anilines is 1. The molecule has 1 aromatic rings. The third-order valence-corrected chi connectivity index (χ3v) is 4.74. The average molecular weight is 269 g/mol. The van der Waals surface area contributed by atoms with Crippen molar-refractivity contribution in [3.05, 3.63) is 11.1 Å². The number of hydrogen-bond acceptors (Lipinski definition) is 5. The molecule has 2 heterocycles. The molecule has 0 aromatic carbocycles. The maximum absolute atomic E-state index is 5.40. The van der Waals surface area contributed by atoms with Crippen molar-refractivity contribution in [1.29, 1.82) is 0 Å². The first-order valence-electron chi connectivity index (χ1n) is 6.71. The zero-order chi connectivity index (χ0) is 13.0. The molecule has 1 N–H and O–H groups in total. The lowest BCUT2D eigenvalue weighted by Gasteiger charge is -2.30. The normalized spacial score (nSPS) is 19.2. The van der Waals surface area contributed by atoms with Gasteiger partial charge in [0.2, 0.25) is 0 Å². The smallest absolute Gasteiger partial charge is 0.185 e. The van der Waals surface area contributed by atoms with Crippen LogP contribution in [0.25, 0.3) is 0 Å². The van der Waals surface area contributed by atoms with E-state index < -0.39 is 0 Å². The molecule has 0 aliphatic carbocycles. The quantitative estimate of drug-likeness (QED) is 0.891. The Balaban J connectivity index is 1.94. The minimum absolute atomic E-state index is 0.401. The van der Waals surface area contributed by atoms with E-state index in [0.29, 0.717) is 12.1 Å². The molecule has 1 atom stereocenters. The van der Waals surface area contributed by atoms with Crippen LogP contribution in [0.4, 0.5) is 5.13 Å². The second kappa shape index (κ2) is 6.50. The molecule has 0 bridgehead atoms. The molecule has 1 fully saturated rings. The highest BCUT2D eigenvalue weighted by Gasteiger charge is 2.21. The van der Waals surface area contributed by atoms with Crippen LogP contribution >= 0.6 is 11.3 Å². The topological polar surface area (TPSA) is 37.4 Å². The molecular formula is C13H23N3OS. The maximum Gasteiger partial charge on any atom is 0.185 e. The summed E-state index contributed by atoms with van der Waals surface area (Å²) in [5.74, 6) is 0. The Bertz CT molecular complexity index is 361. The zero-order valence-corrected chi connectivity index (χ0v) is 12.3. The van der Waals surface area contributed by atoms with E-state index in [1.54, 1.807) is 7.11 Å². The van der Waals surface area contributed by atoms with Crippen molar-refractivity contribution >= 4 is 16.5 Å². The van der Waals surface area contributed by atoms with Crippen LogP contribution in [-0.2, 0) is 4.74 Å². The summed E-state index contributed by atoms with van der Waals surface area (Å²) in [5, 5.41) is 4.58. The third kappa shape index (κ3) is 3.22. The number of nitrogens with one attached hydrogen (secondary N) is 1. The van der Waals surface area contributed by atoms with Gasteiger partial charge in [0.1, 0.15) is 0 Å². The van der Waals surface area contributed by atoms with Crippen LogP contribution in [0.2, 0.25) is 0 Å². The Labute approximate surface area is 113 Å². The van der Waals surface area contributed by atoms with Gasteiger partial charge in [-0.25, -0.2) is 4.98 Å². The molecule has 1 unspecified atom stereocenters. The molecule has 2 rings (SSSR count). The van der Waals surface area contributed by atoms with Crippen LogP contribution in [0.3, 0.4) is 0 Å². The van der Waals surface area contributed by atoms with Gasteiger partial charge in [-0.2, -0.15) is 0 Å². The van der Waals surface area contributed by atoms with Crippen LogP contribution < -0.4 is 10.2 Å². The summed E-state index contributed by atoms with van der Waals surface area (Å²) in [6.07, 6.45) is 4.65. The first-order valence-corrected chi connectivity index (χ1v) is 7.53. The molecule has 0 amide bonds. The Hall–Kier alpha value is -0.650. The van der Waals surface area contributed by atoms with Gasteiger partial charge in [-0.1, -0.05) is 6.92 Å². The molecule has 0 saturated carbocycles. The number of ether oxygens (including phenoxy) is 1. The number of methoxy groups -OCH3 is 1. The Morgan fingerprint density at radius 2 is 2.28 bits per heavy atom. The van der Waals surface area contributed by atoms with Gasteiger partial charge in [-0.05, 0) is 26.3 Å². The molecule has 102 valence electrons. The SMILES string of the molecule is CCNC(C)c1cnc(N2CCC(OC)CC2)s1. The van der Waals surface area contributed by atoms with Gasteiger partial charge >= 0.3 is 0 Å². The van der Waals surface area contributed by atoms with Crippen molar-refractivity contribution in [3.8, 4) is 0 Å². The monoisotopic (exact) mass is 269 g/mol. The highest BCUT2D eigenvalue weighted by atomic mass is 32.1. The minimum Gasteiger partial charge on any atom is -0.381 e. The van der Waals surface area contributed by atoms with E-state index in [-0.39, 0.29) is 0 Å². The molecule has 1 saturated heterocycles. The van der Waals surface area contributed by atoms with Crippen molar-refractivity contribution in [3.63, 3.8) is 0 Å². The van der Waals surface area contributed by atoms with E-state index in [1.807, 2.05) is 17.5 Å². The fraction of sp³-hybridized carbons (Fsp3) is 0.769. The van der Waals surface area contributed by atoms with E-state index in [4.69, 9.17) is 4.74 Å². The van der Waals surface area contributed by atoms with E-state index in [1.165, 1.54) is 4.88 Å². The first-order chi connectivity index (χ1) is 8.74. The number of rotatable bonds is 5. The summed E-state index contributed by atoms with van der Waals surface area (Å²) in [6, 6.07) is 0.401. The summed E-state index contributed by atoms with van der Waals surface area (Å²) < 4.78 is 5.40. The average Bonchev–Trinajstić information content (AvgIpc) is 2.89.